The first-order valence-corrected chi connectivity index (χ1v) is 7.29. The van der Waals surface area contributed by atoms with Crippen LogP contribution in [0.1, 0.15) is 11.1 Å². The SMILES string of the molecule is OCc1ccc(NCc2cc(Br)c(O)c(Br)c2)cc1. The van der Waals surface area contributed by atoms with Crippen LogP contribution in [0.15, 0.2) is 45.3 Å². The minimum absolute atomic E-state index is 0.0537. The Kier molecular flexibility index (Phi) is 4.85. The highest BCUT2D eigenvalue weighted by atomic mass is 79.9. The van der Waals surface area contributed by atoms with E-state index in [4.69, 9.17) is 5.11 Å². The molecule has 0 aliphatic rings. The van der Waals surface area contributed by atoms with Gasteiger partial charge in [0.1, 0.15) is 5.75 Å². The van der Waals surface area contributed by atoms with Gasteiger partial charge in [-0.2, -0.15) is 0 Å². The van der Waals surface area contributed by atoms with E-state index in [0.29, 0.717) is 15.5 Å². The molecule has 0 radical (unpaired) electrons. The molecule has 3 N–H and O–H groups in total. The summed E-state index contributed by atoms with van der Waals surface area (Å²) in [5, 5.41) is 21.9. The normalized spacial score (nSPS) is 10.5. The molecule has 0 bridgehead atoms. The number of rotatable bonds is 4. The van der Waals surface area contributed by atoms with Crippen LogP contribution in [0.5, 0.6) is 5.75 Å². The third-order valence-electron chi connectivity index (χ3n) is 2.71. The third kappa shape index (κ3) is 3.72. The number of anilines is 1. The summed E-state index contributed by atoms with van der Waals surface area (Å²) < 4.78 is 1.32. The predicted octanol–water partition coefficient (Wildman–Crippen LogP) is 4.02. The van der Waals surface area contributed by atoms with Crippen LogP contribution in [0, 0.1) is 0 Å². The Hall–Kier alpha value is -1.04. The molecule has 0 saturated carbocycles. The van der Waals surface area contributed by atoms with Gasteiger partial charge in [-0.15, -0.1) is 0 Å². The molecule has 2 rings (SSSR count). The standard InChI is InChI=1S/C14H13Br2NO2/c15-12-5-10(6-13(16)14(12)19)7-17-11-3-1-9(8-18)2-4-11/h1-6,17-19H,7-8H2. The van der Waals surface area contributed by atoms with Gasteiger partial charge in [0.25, 0.3) is 0 Å². The van der Waals surface area contributed by atoms with Crippen molar-refractivity contribution < 1.29 is 10.2 Å². The van der Waals surface area contributed by atoms with E-state index in [1.807, 2.05) is 36.4 Å². The summed E-state index contributed by atoms with van der Waals surface area (Å²) in [4.78, 5) is 0. The lowest BCUT2D eigenvalue weighted by Gasteiger charge is -2.09. The van der Waals surface area contributed by atoms with E-state index < -0.39 is 0 Å². The number of hydrogen-bond acceptors (Lipinski definition) is 3. The van der Waals surface area contributed by atoms with Crippen LogP contribution in [0.25, 0.3) is 0 Å². The number of phenols is 1. The average Bonchev–Trinajstić information content (AvgIpc) is 2.43. The number of aliphatic hydroxyl groups is 1. The molecule has 0 heterocycles. The van der Waals surface area contributed by atoms with E-state index in [2.05, 4.69) is 37.2 Å². The number of nitrogens with one attached hydrogen (secondary N) is 1. The van der Waals surface area contributed by atoms with Crippen molar-refractivity contribution in [1.29, 1.82) is 0 Å². The second-order valence-corrected chi connectivity index (χ2v) is 5.83. The van der Waals surface area contributed by atoms with Crippen molar-refractivity contribution in [2.75, 3.05) is 5.32 Å². The molecule has 0 fully saturated rings. The van der Waals surface area contributed by atoms with Gasteiger partial charge in [0.15, 0.2) is 0 Å². The van der Waals surface area contributed by atoms with Crippen LogP contribution in [0.3, 0.4) is 0 Å². The number of aromatic hydroxyl groups is 1. The molecular weight excluding hydrogens is 374 g/mol. The lowest BCUT2D eigenvalue weighted by atomic mass is 10.2. The lowest BCUT2D eigenvalue weighted by molar-refractivity contribution is 0.282. The predicted molar refractivity (Wildman–Crippen MR) is 83.2 cm³/mol. The van der Waals surface area contributed by atoms with Crippen LogP contribution in [0.2, 0.25) is 0 Å². The maximum absolute atomic E-state index is 9.64. The third-order valence-corrected chi connectivity index (χ3v) is 3.92. The number of halogens is 2. The van der Waals surface area contributed by atoms with E-state index in [-0.39, 0.29) is 12.4 Å². The van der Waals surface area contributed by atoms with Crippen molar-refractivity contribution in [2.24, 2.45) is 0 Å². The zero-order valence-corrected chi connectivity index (χ0v) is 13.2. The first kappa shape index (κ1) is 14.4. The fraction of sp³-hybridized carbons (Fsp3) is 0.143. The molecule has 0 saturated heterocycles. The molecule has 2 aromatic carbocycles. The van der Waals surface area contributed by atoms with E-state index in [1.54, 1.807) is 0 Å². The van der Waals surface area contributed by atoms with Crippen molar-refractivity contribution >= 4 is 37.5 Å². The summed E-state index contributed by atoms with van der Waals surface area (Å²) in [5.74, 6) is 0.205. The molecule has 0 unspecified atom stereocenters. The van der Waals surface area contributed by atoms with Crippen molar-refractivity contribution in [3.63, 3.8) is 0 Å². The van der Waals surface area contributed by atoms with E-state index in [1.165, 1.54) is 0 Å². The summed E-state index contributed by atoms with van der Waals surface area (Å²) in [6.07, 6.45) is 0. The Labute approximate surface area is 128 Å². The Morgan fingerprint density at radius 3 is 2.05 bits per heavy atom. The maximum atomic E-state index is 9.64. The van der Waals surface area contributed by atoms with E-state index >= 15 is 0 Å². The minimum atomic E-state index is 0.0537. The van der Waals surface area contributed by atoms with Crippen molar-refractivity contribution in [3.05, 3.63) is 56.5 Å². The first-order valence-electron chi connectivity index (χ1n) is 5.70. The fourth-order valence-corrected chi connectivity index (χ4v) is 2.93. The molecule has 5 heteroatoms. The van der Waals surface area contributed by atoms with E-state index in [9.17, 15) is 5.11 Å². The van der Waals surface area contributed by atoms with Gasteiger partial charge in [-0.3, -0.25) is 0 Å². The second-order valence-electron chi connectivity index (χ2n) is 4.12. The smallest absolute Gasteiger partial charge is 0.143 e. The number of hydrogen-bond donors (Lipinski definition) is 3. The van der Waals surface area contributed by atoms with Crippen LogP contribution in [0.4, 0.5) is 5.69 Å². The van der Waals surface area contributed by atoms with Gasteiger partial charge in [-0.1, -0.05) is 12.1 Å². The highest BCUT2D eigenvalue weighted by Crippen LogP contribution is 2.33. The van der Waals surface area contributed by atoms with Crippen molar-refractivity contribution in [2.45, 2.75) is 13.2 Å². The van der Waals surface area contributed by atoms with Gasteiger partial charge < -0.3 is 15.5 Å². The zero-order valence-electron chi connectivity index (χ0n) is 10.0. The highest BCUT2D eigenvalue weighted by molar-refractivity contribution is 9.11. The van der Waals surface area contributed by atoms with Crippen molar-refractivity contribution in [1.82, 2.24) is 0 Å². The Bertz CT molecular complexity index is 547. The average molecular weight is 387 g/mol. The molecule has 0 amide bonds. The quantitative estimate of drug-likeness (QED) is 0.743. The molecule has 0 atom stereocenters. The van der Waals surface area contributed by atoms with Gasteiger partial charge in [0.2, 0.25) is 0 Å². The van der Waals surface area contributed by atoms with Crippen molar-refractivity contribution in [3.8, 4) is 5.75 Å². The van der Waals surface area contributed by atoms with Crippen LogP contribution in [-0.4, -0.2) is 10.2 Å². The summed E-state index contributed by atoms with van der Waals surface area (Å²) in [6.45, 7) is 0.702. The minimum Gasteiger partial charge on any atom is -0.506 e. The zero-order chi connectivity index (χ0) is 13.8. The highest BCUT2D eigenvalue weighted by Gasteiger charge is 2.05. The number of phenolic OH excluding ortho intramolecular Hbond substituents is 1. The molecule has 19 heavy (non-hydrogen) atoms. The molecule has 0 aliphatic carbocycles. The monoisotopic (exact) mass is 385 g/mol. The van der Waals surface area contributed by atoms with Gasteiger partial charge in [0, 0.05) is 12.2 Å². The lowest BCUT2D eigenvalue weighted by Crippen LogP contribution is -1.99. The van der Waals surface area contributed by atoms with Gasteiger partial charge in [-0.25, -0.2) is 0 Å². The maximum Gasteiger partial charge on any atom is 0.143 e. The van der Waals surface area contributed by atoms with Crippen LogP contribution in [-0.2, 0) is 13.2 Å². The molecule has 0 aliphatic heterocycles. The first-order chi connectivity index (χ1) is 9.10. The largest absolute Gasteiger partial charge is 0.506 e. The molecule has 3 nitrogen and oxygen atoms in total. The summed E-state index contributed by atoms with van der Waals surface area (Å²) >= 11 is 6.61. The summed E-state index contributed by atoms with van der Waals surface area (Å²) in [6, 6.07) is 11.4. The van der Waals surface area contributed by atoms with Gasteiger partial charge >= 0.3 is 0 Å². The number of benzene rings is 2. The Morgan fingerprint density at radius 2 is 1.53 bits per heavy atom. The van der Waals surface area contributed by atoms with Crippen LogP contribution < -0.4 is 5.32 Å². The van der Waals surface area contributed by atoms with Gasteiger partial charge in [0.05, 0.1) is 15.6 Å². The molecule has 0 spiro atoms. The summed E-state index contributed by atoms with van der Waals surface area (Å²) in [5.41, 5.74) is 2.92. The molecular formula is C14H13Br2NO2. The fourth-order valence-electron chi connectivity index (χ4n) is 1.65. The topological polar surface area (TPSA) is 52.5 Å². The van der Waals surface area contributed by atoms with Crippen LogP contribution >= 0.6 is 31.9 Å². The van der Waals surface area contributed by atoms with Gasteiger partial charge in [-0.05, 0) is 67.3 Å². The molecule has 100 valence electrons. The Morgan fingerprint density at radius 1 is 0.947 bits per heavy atom. The Balaban J connectivity index is 2.05. The summed E-state index contributed by atoms with van der Waals surface area (Å²) in [7, 11) is 0. The molecule has 2 aromatic rings. The molecule has 0 aromatic heterocycles. The number of aliphatic hydroxyl groups excluding tert-OH is 1. The van der Waals surface area contributed by atoms with E-state index in [0.717, 1.165) is 16.8 Å². The second kappa shape index (κ2) is 6.41.